The van der Waals surface area contributed by atoms with Gasteiger partial charge in [0.25, 0.3) is 0 Å². The molecule has 8 aromatic rings. The molecule has 0 N–H and O–H groups in total. The molecule has 0 bridgehead atoms. The second kappa shape index (κ2) is 11.1. The van der Waals surface area contributed by atoms with Crippen molar-refractivity contribution in [3.63, 3.8) is 0 Å². The molecule has 0 saturated heterocycles. The van der Waals surface area contributed by atoms with Gasteiger partial charge in [-0.05, 0) is 107 Å². The van der Waals surface area contributed by atoms with Gasteiger partial charge >= 0.3 is 0 Å². The molecule has 0 atom stereocenters. The van der Waals surface area contributed by atoms with Gasteiger partial charge in [0.05, 0.1) is 16.7 Å². The van der Waals surface area contributed by atoms with Crippen molar-refractivity contribution in [2.45, 2.75) is 33.1 Å². The van der Waals surface area contributed by atoms with Gasteiger partial charge in [0.2, 0.25) is 0 Å². The molecular formula is C47H38N2. The number of aryl methyl sites for hydroxylation is 2. The Morgan fingerprint density at radius 3 is 1.92 bits per heavy atom. The highest BCUT2D eigenvalue weighted by atomic mass is 15.1. The number of hydrogen-bond donors (Lipinski definition) is 0. The smallest absolute Gasteiger partial charge is 0.0562 e. The molecule has 0 spiro atoms. The van der Waals surface area contributed by atoms with Crippen LogP contribution >= 0.6 is 0 Å². The average Bonchev–Trinajstić information content (AvgIpc) is 3.59. The Bertz CT molecular complexity index is 2530. The molecule has 1 aliphatic rings. The van der Waals surface area contributed by atoms with Crippen molar-refractivity contribution in [3.8, 4) is 27.9 Å². The van der Waals surface area contributed by atoms with Crippen LogP contribution in [0.25, 0.3) is 49.7 Å². The normalized spacial score (nSPS) is 13.1. The van der Waals surface area contributed by atoms with Crippen LogP contribution in [0, 0.1) is 13.8 Å². The van der Waals surface area contributed by atoms with Crippen LogP contribution in [-0.4, -0.2) is 4.57 Å². The summed E-state index contributed by atoms with van der Waals surface area (Å²) in [6, 6.07) is 58.1. The van der Waals surface area contributed by atoms with Crippen molar-refractivity contribution in [2.24, 2.45) is 0 Å². The topological polar surface area (TPSA) is 8.17 Å². The van der Waals surface area contributed by atoms with Gasteiger partial charge < -0.3 is 9.47 Å². The second-order valence-corrected chi connectivity index (χ2v) is 14.0. The van der Waals surface area contributed by atoms with Crippen LogP contribution in [0.5, 0.6) is 0 Å². The van der Waals surface area contributed by atoms with E-state index < -0.39 is 0 Å². The number of hydrogen-bond acceptors (Lipinski definition) is 1. The minimum Gasteiger partial charge on any atom is -0.310 e. The average molecular weight is 631 g/mol. The van der Waals surface area contributed by atoms with Gasteiger partial charge in [0.15, 0.2) is 0 Å². The van der Waals surface area contributed by atoms with E-state index in [1.807, 2.05) is 0 Å². The maximum Gasteiger partial charge on any atom is 0.0562 e. The highest BCUT2D eigenvalue weighted by molar-refractivity contribution is 6.16. The number of anilines is 3. The molecule has 0 radical (unpaired) electrons. The van der Waals surface area contributed by atoms with Gasteiger partial charge in [-0.2, -0.15) is 0 Å². The minimum absolute atomic E-state index is 0.0709. The molecule has 0 saturated carbocycles. The number of benzene rings is 7. The predicted molar refractivity (Wildman–Crippen MR) is 208 cm³/mol. The quantitative estimate of drug-likeness (QED) is 0.184. The first kappa shape index (κ1) is 29.3. The summed E-state index contributed by atoms with van der Waals surface area (Å²) in [5.41, 5.74) is 17.4. The molecular weight excluding hydrogens is 593 g/mol. The summed E-state index contributed by atoms with van der Waals surface area (Å²) in [6.45, 7) is 9.04. The van der Waals surface area contributed by atoms with Crippen molar-refractivity contribution in [1.29, 1.82) is 0 Å². The van der Waals surface area contributed by atoms with Crippen LogP contribution in [0.15, 0.2) is 158 Å². The first-order valence-electron chi connectivity index (χ1n) is 17.2. The Morgan fingerprint density at radius 2 is 1.14 bits per heavy atom. The number of fused-ring (bicyclic) bond motifs is 6. The summed E-state index contributed by atoms with van der Waals surface area (Å²) in [6.07, 6.45) is 0. The third-order valence-electron chi connectivity index (χ3n) is 10.6. The molecule has 0 aliphatic heterocycles. The van der Waals surface area contributed by atoms with Crippen LogP contribution < -0.4 is 4.90 Å². The molecule has 1 heterocycles. The summed E-state index contributed by atoms with van der Waals surface area (Å²) in [7, 11) is 0. The minimum atomic E-state index is -0.0709. The van der Waals surface area contributed by atoms with Gasteiger partial charge in [-0.25, -0.2) is 0 Å². The van der Waals surface area contributed by atoms with E-state index in [1.165, 1.54) is 72.0 Å². The molecule has 9 rings (SSSR count). The lowest BCUT2D eigenvalue weighted by Crippen LogP contribution is -2.15. The SMILES string of the molecule is Cc1ccc(N(c2ccc(-c3ccccc3C)cc2)c2cccc3c2c2ccccc2n3-c2ccc3c(c2)C(C)(C)c2ccccc2-3)cc1. The fraction of sp³-hybridized carbons (Fsp3) is 0.106. The molecule has 0 unspecified atom stereocenters. The monoisotopic (exact) mass is 630 g/mol. The van der Waals surface area contributed by atoms with Crippen molar-refractivity contribution in [1.82, 2.24) is 4.57 Å². The first-order valence-corrected chi connectivity index (χ1v) is 17.2. The molecule has 2 heteroatoms. The molecule has 2 nitrogen and oxygen atoms in total. The summed E-state index contributed by atoms with van der Waals surface area (Å²) >= 11 is 0. The Labute approximate surface area is 288 Å². The van der Waals surface area contributed by atoms with Crippen LogP contribution in [0.4, 0.5) is 17.1 Å². The van der Waals surface area contributed by atoms with E-state index >= 15 is 0 Å². The Balaban J connectivity index is 1.26. The predicted octanol–water partition coefficient (Wildman–Crippen LogP) is 12.8. The number of nitrogens with zero attached hydrogens (tertiary/aromatic N) is 2. The lowest BCUT2D eigenvalue weighted by Gasteiger charge is -2.27. The molecule has 1 aromatic heterocycles. The largest absolute Gasteiger partial charge is 0.310 e. The molecule has 7 aromatic carbocycles. The highest BCUT2D eigenvalue weighted by Gasteiger charge is 2.35. The Morgan fingerprint density at radius 1 is 0.510 bits per heavy atom. The van der Waals surface area contributed by atoms with Crippen LogP contribution in [0.1, 0.15) is 36.1 Å². The zero-order valence-corrected chi connectivity index (χ0v) is 28.4. The number of para-hydroxylation sites is 1. The van der Waals surface area contributed by atoms with Crippen LogP contribution in [0.2, 0.25) is 0 Å². The van der Waals surface area contributed by atoms with E-state index in [0.717, 1.165) is 17.1 Å². The van der Waals surface area contributed by atoms with Crippen molar-refractivity contribution in [3.05, 3.63) is 180 Å². The molecule has 1 aliphatic carbocycles. The molecule has 49 heavy (non-hydrogen) atoms. The molecule has 0 amide bonds. The van der Waals surface area contributed by atoms with Gasteiger partial charge in [-0.3, -0.25) is 0 Å². The van der Waals surface area contributed by atoms with Gasteiger partial charge in [-0.1, -0.05) is 123 Å². The summed E-state index contributed by atoms with van der Waals surface area (Å²) in [4.78, 5) is 2.42. The maximum atomic E-state index is 2.46. The standard InChI is InChI=1S/C47H38N2/c1-31-20-24-34(25-21-31)48(35-26-22-33(23-27-35)37-13-6-5-12-32(37)2)44-18-11-19-45-46(44)40-15-8-10-17-43(40)49(45)36-28-29-39-38-14-7-9-16-41(38)47(3,4)42(39)30-36/h5-30H,1-4H3. The first-order chi connectivity index (χ1) is 23.9. The fourth-order valence-electron chi connectivity index (χ4n) is 8.10. The van der Waals surface area contributed by atoms with E-state index in [1.54, 1.807) is 0 Å². The molecule has 236 valence electrons. The van der Waals surface area contributed by atoms with Gasteiger partial charge in [0.1, 0.15) is 0 Å². The summed E-state index contributed by atoms with van der Waals surface area (Å²) in [5, 5.41) is 2.48. The summed E-state index contributed by atoms with van der Waals surface area (Å²) < 4.78 is 2.46. The van der Waals surface area contributed by atoms with Crippen molar-refractivity contribution < 1.29 is 0 Å². The van der Waals surface area contributed by atoms with E-state index in [2.05, 4.69) is 195 Å². The lowest BCUT2D eigenvalue weighted by molar-refractivity contribution is 0.660. The third-order valence-corrected chi connectivity index (χ3v) is 10.6. The second-order valence-electron chi connectivity index (χ2n) is 14.0. The van der Waals surface area contributed by atoms with Crippen LogP contribution in [-0.2, 0) is 5.41 Å². The van der Waals surface area contributed by atoms with Crippen molar-refractivity contribution in [2.75, 3.05) is 4.90 Å². The van der Waals surface area contributed by atoms with E-state index in [4.69, 9.17) is 0 Å². The zero-order chi connectivity index (χ0) is 33.3. The van der Waals surface area contributed by atoms with Gasteiger partial charge in [0, 0.05) is 33.2 Å². The van der Waals surface area contributed by atoms with Crippen molar-refractivity contribution >= 4 is 38.9 Å². The van der Waals surface area contributed by atoms with Gasteiger partial charge in [-0.15, -0.1) is 0 Å². The van der Waals surface area contributed by atoms with E-state index in [0.29, 0.717) is 0 Å². The Kier molecular flexibility index (Phi) is 6.64. The fourth-order valence-corrected chi connectivity index (χ4v) is 8.10. The number of rotatable bonds is 5. The zero-order valence-electron chi connectivity index (χ0n) is 28.4. The maximum absolute atomic E-state index is 2.46. The summed E-state index contributed by atoms with van der Waals surface area (Å²) in [5.74, 6) is 0. The number of aromatic nitrogens is 1. The van der Waals surface area contributed by atoms with Crippen LogP contribution in [0.3, 0.4) is 0 Å². The Hall–Kier alpha value is -5.86. The third kappa shape index (κ3) is 4.55. The highest BCUT2D eigenvalue weighted by Crippen LogP contribution is 2.50. The van der Waals surface area contributed by atoms with E-state index in [-0.39, 0.29) is 5.41 Å². The molecule has 0 fully saturated rings. The van der Waals surface area contributed by atoms with E-state index in [9.17, 15) is 0 Å². The lowest BCUT2D eigenvalue weighted by atomic mass is 9.82.